The maximum absolute atomic E-state index is 12.5. The molecule has 1 rings (SSSR count). The lowest BCUT2D eigenvalue weighted by molar-refractivity contribution is 0.0450. The van der Waals surface area contributed by atoms with E-state index in [-0.39, 0.29) is 11.1 Å². The summed E-state index contributed by atoms with van der Waals surface area (Å²) in [6.07, 6.45) is 12.8. The molecule has 0 N–H and O–H groups in total. The SMILES string of the molecule is C=C(C)CCCCCCCOC(=O)c1ccccc1C(=O)OCCCCCCCC(=C)C. The molecule has 4 heteroatoms. The highest BCUT2D eigenvalue weighted by atomic mass is 16.5. The molecule has 0 aliphatic carbocycles. The molecule has 0 aliphatic rings. The molecule has 0 unspecified atom stereocenters. The zero-order chi connectivity index (χ0) is 23.6. The maximum atomic E-state index is 12.5. The molecule has 0 aromatic heterocycles. The van der Waals surface area contributed by atoms with Crippen molar-refractivity contribution >= 4 is 11.9 Å². The van der Waals surface area contributed by atoms with E-state index in [9.17, 15) is 9.59 Å². The third-order valence-corrected chi connectivity index (χ3v) is 5.33. The first-order valence-corrected chi connectivity index (χ1v) is 12.1. The monoisotopic (exact) mass is 442 g/mol. The molecule has 0 radical (unpaired) electrons. The van der Waals surface area contributed by atoms with Crippen LogP contribution in [0.15, 0.2) is 48.6 Å². The summed E-state index contributed by atoms with van der Waals surface area (Å²) < 4.78 is 10.8. The van der Waals surface area contributed by atoms with Crippen molar-refractivity contribution in [1.82, 2.24) is 0 Å². The Kier molecular flexibility index (Phi) is 14.9. The minimum Gasteiger partial charge on any atom is -0.462 e. The van der Waals surface area contributed by atoms with Crippen LogP contribution in [-0.2, 0) is 9.47 Å². The van der Waals surface area contributed by atoms with Crippen LogP contribution in [-0.4, -0.2) is 25.2 Å². The molecule has 1 aromatic carbocycles. The second kappa shape index (κ2) is 17.2. The summed E-state index contributed by atoms with van der Waals surface area (Å²) in [6.45, 7) is 12.7. The van der Waals surface area contributed by atoms with E-state index in [4.69, 9.17) is 9.47 Å². The molecule has 0 fully saturated rings. The van der Waals surface area contributed by atoms with E-state index in [0.717, 1.165) is 51.4 Å². The fraction of sp³-hybridized carbons (Fsp3) is 0.571. The van der Waals surface area contributed by atoms with Gasteiger partial charge in [-0.1, -0.05) is 61.8 Å². The molecular weight excluding hydrogens is 400 g/mol. The number of unbranched alkanes of at least 4 members (excludes halogenated alkanes) is 8. The number of carbonyl (C=O) groups excluding carboxylic acids is 2. The third-order valence-electron chi connectivity index (χ3n) is 5.33. The Hall–Kier alpha value is -2.36. The number of ether oxygens (including phenoxy) is 2. The van der Waals surface area contributed by atoms with Gasteiger partial charge in [0.15, 0.2) is 0 Å². The molecule has 32 heavy (non-hydrogen) atoms. The van der Waals surface area contributed by atoms with Gasteiger partial charge >= 0.3 is 11.9 Å². The Morgan fingerprint density at radius 1 is 0.625 bits per heavy atom. The van der Waals surface area contributed by atoms with E-state index < -0.39 is 11.9 Å². The highest BCUT2D eigenvalue weighted by molar-refractivity contribution is 6.03. The van der Waals surface area contributed by atoms with Gasteiger partial charge in [0, 0.05) is 0 Å². The number of carbonyl (C=O) groups is 2. The predicted molar refractivity (Wildman–Crippen MR) is 132 cm³/mol. The van der Waals surface area contributed by atoms with Crippen LogP contribution < -0.4 is 0 Å². The highest BCUT2D eigenvalue weighted by Crippen LogP contribution is 2.14. The number of hydrogen-bond donors (Lipinski definition) is 0. The van der Waals surface area contributed by atoms with Crippen molar-refractivity contribution in [2.75, 3.05) is 13.2 Å². The van der Waals surface area contributed by atoms with Crippen LogP contribution in [0.4, 0.5) is 0 Å². The summed E-state index contributed by atoms with van der Waals surface area (Å²) in [5, 5.41) is 0. The second-order valence-electron chi connectivity index (χ2n) is 8.77. The number of esters is 2. The van der Waals surface area contributed by atoms with E-state index in [1.807, 2.05) is 0 Å². The van der Waals surface area contributed by atoms with Gasteiger partial charge < -0.3 is 9.47 Å². The van der Waals surface area contributed by atoms with Crippen LogP contribution >= 0.6 is 0 Å². The van der Waals surface area contributed by atoms with Crippen molar-refractivity contribution in [1.29, 1.82) is 0 Å². The van der Waals surface area contributed by atoms with Crippen LogP contribution in [0.3, 0.4) is 0 Å². The second-order valence-corrected chi connectivity index (χ2v) is 8.77. The zero-order valence-electron chi connectivity index (χ0n) is 20.3. The van der Waals surface area contributed by atoms with Gasteiger partial charge in [0.25, 0.3) is 0 Å². The predicted octanol–water partition coefficient (Wildman–Crippen LogP) is 7.83. The Balaban J connectivity index is 2.28. The molecule has 0 amide bonds. The van der Waals surface area contributed by atoms with E-state index in [2.05, 4.69) is 27.0 Å². The Bertz CT molecular complexity index is 659. The van der Waals surface area contributed by atoms with Crippen molar-refractivity contribution in [3.8, 4) is 0 Å². The lowest BCUT2D eigenvalue weighted by Crippen LogP contribution is -2.15. The zero-order valence-corrected chi connectivity index (χ0v) is 20.3. The first kappa shape index (κ1) is 27.7. The summed E-state index contributed by atoms with van der Waals surface area (Å²) in [7, 11) is 0. The summed E-state index contributed by atoms with van der Waals surface area (Å²) in [4.78, 5) is 24.9. The molecule has 1 aromatic rings. The lowest BCUT2D eigenvalue weighted by Gasteiger charge is -2.10. The third kappa shape index (κ3) is 13.1. The molecule has 0 atom stereocenters. The van der Waals surface area contributed by atoms with Gasteiger partial charge in [0.2, 0.25) is 0 Å². The maximum Gasteiger partial charge on any atom is 0.339 e. The standard InChI is InChI=1S/C28H42O4/c1-23(2)17-11-7-5-9-15-21-31-27(29)25-19-13-14-20-26(25)28(30)32-22-16-10-6-8-12-18-24(3)4/h13-14,19-20H,1,3,5-12,15-18,21-22H2,2,4H3. The average molecular weight is 443 g/mol. The van der Waals surface area contributed by atoms with Crippen molar-refractivity contribution in [3.05, 3.63) is 59.7 Å². The number of hydrogen-bond acceptors (Lipinski definition) is 4. The summed E-state index contributed by atoms with van der Waals surface area (Å²) in [5.74, 6) is -0.922. The summed E-state index contributed by atoms with van der Waals surface area (Å²) in [5.41, 5.74) is 3.01. The first-order chi connectivity index (χ1) is 15.4. The van der Waals surface area contributed by atoms with Gasteiger partial charge in [0.05, 0.1) is 24.3 Å². The minimum atomic E-state index is -0.461. The van der Waals surface area contributed by atoms with Crippen LogP contribution in [0.5, 0.6) is 0 Å². The first-order valence-electron chi connectivity index (χ1n) is 12.1. The number of allylic oxidation sites excluding steroid dienone is 2. The van der Waals surface area contributed by atoms with E-state index in [0.29, 0.717) is 13.2 Å². The number of benzene rings is 1. The molecule has 0 saturated carbocycles. The quantitative estimate of drug-likeness (QED) is 0.132. The van der Waals surface area contributed by atoms with Crippen LogP contribution in [0.25, 0.3) is 0 Å². The van der Waals surface area contributed by atoms with Crippen molar-refractivity contribution in [2.24, 2.45) is 0 Å². The molecule has 178 valence electrons. The molecule has 0 heterocycles. The highest BCUT2D eigenvalue weighted by Gasteiger charge is 2.18. The Morgan fingerprint density at radius 2 is 0.969 bits per heavy atom. The minimum absolute atomic E-state index is 0.277. The van der Waals surface area contributed by atoms with Gasteiger partial charge in [-0.3, -0.25) is 0 Å². The topological polar surface area (TPSA) is 52.6 Å². The van der Waals surface area contributed by atoms with E-state index >= 15 is 0 Å². The van der Waals surface area contributed by atoms with Gasteiger partial charge in [-0.2, -0.15) is 0 Å². The van der Waals surface area contributed by atoms with Crippen molar-refractivity contribution < 1.29 is 19.1 Å². The lowest BCUT2D eigenvalue weighted by atomic mass is 10.1. The van der Waals surface area contributed by atoms with Gasteiger partial charge in [-0.05, 0) is 64.5 Å². The Morgan fingerprint density at radius 3 is 1.34 bits per heavy atom. The number of rotatable bonds is 18. The van der Waals surface area contributed by atoms with Crippen molar-refractivity contribution in [2.45, 2.75) is 90.9 Å². The van der Waals surface area contributed by atoms with E-state index in [1.165, 1.54) is 36.8 Å². The van der Waals surface area contributed by atoms with Crippen LogP contribution in [0, 0.1) is 0 Å². The van der Waals surface area contributed by atoms with Crippen molar-refractivity contribution in [3.63, 3.8) is 0 Å². The average Bonchev–Trinajstić information content (AvgIpc) is 2.76. The van der Waals surface area contributed by atoms with Crippen LogP contribution in [0.1, 0.15) is 112 Å². The normalized spacial score (nSPS) is 10.6. The Labute approximate surface area is 195 Å². The van der Waals surface area contributed by atoms with Gasteiger partial charge in [-0.15, -0.1) is 13.2 Å². The smallest absolute Gasteiger partial charge is 0.339 e. The van der Waals surface area contributed by atoms with Crippen LogP contribution in [0.2, 0.25) is 0 Å². The molecule has 0 spiro atoms. The van der Waals surface area contributed by atoms with E-state index in [1.54, 1.807) is 24.3 Å². The fourth-order valence-corrected chi connectivity index (χ4v) is 3.44. The molecule has 0 saturated heterocycles. The van der Waals surface area contributed by atoms with Gasteiger partial charge in [0.1, 0.15) is 0 Å². The molecule has 4 nitrogen and oxygen atoms in total. The summed E-state index contributed by atoms with van der Waals surface area (Å²) >= 11 is 0. The largest absolute Gasteiger partial charge is 0.462 e. The fourth-order valence-electron chi connectivity index (χ4n) is 3.44. The summed E-state index contributed by atoms with van der Waals surface area (Å²) in [6, 6.07) is 6.72. The molecular formula is C28H42O4. The molecule has 0 aliphatic heterocycles. The van der Waals surface area contributed by atoms with Gasteiger partial charge in [-0.25, -0.2) is 9.59 Å². The molecule has 0 bridgehead atoms.